The van der Waals surface area contributed by atoms with E-state index in [1.165, 1.54) is 11.8 Å². The van der Waals surface area contributed by atoms with Crippen molar-refractivity contribution in [3.05, 3.63) is 29.7 Å². The number of rotatable bonds is 2. The quantitative estimate of drug-likeness (QED) is 0.627. The molecule has 2 N–H and O–H groups in total. The summed E-state index contributed by atoms with van der Waals surface area (Å²) < 4.78 is 0. The summed E-state index contributed by atoms with van der Waals surface area (Å²) in [4.78, 5) is 16.5. The molecule has 0 aliphatic heterocycles. The lowest BCUT2D eigenvalue weighted by Gasteiger charge is -2.02. The number of hydrogen-bond donors (Lipinski definition) is 1. The Kier molecular flexibility index (Phi) is 3.00. The third-order valence-electron chi connectivity index (χ3n) is 1.82. The molecule has 0 spiro atoms. The third kappa shape index (κ3) is 2.66. The predicted molar refractivity (Wildman–Crippen MR) is 62.1 cm³/mol. The fourth-order valence-corrected chi connectivity index (χ4v) is 2.04. The minimum absolute atomic E-state index is 0.273. The van der Waals surface area contributed by atoms with Crippen LogP contribution in [0.25, 0.3) is 0 Å². The van der Waals surface area contributed by atoms with E-state index in [9.17, 15) is 0 Å². The molecule has 0 amide bonds. The minimum atomic E-state index is 0.273. The van der Waals surface area contributed by atoms with Crippen LogP contribution in [0.3, 0.4) is 0 Å². The van der Waals surface area contributed by atoms with Gasteiger partial charge >= 0.3 is 0 Å². The van der Waals surface area contributed by atoms with Gasteiger partial charge in [0.2, 0.25) is 5.95 Å². The van der Waals surface area contributed by atoms with Crippen LogP contribution in [0.1, 0.15) is 11.4 Å². The molecule has 2 aromatic heterocycles. The van der Waals surface area contributed by atoms with Crippen LogP contribution in [0.2, 0.25) is 0 Å². The molecular weight excluding hydrogens is 222 g/mol. The molecule has 0 unspecified atom stereocenters. The van der Waals surface area contributed by atoms with E-state index in [1.807, 2.05) is 26.0 Å². The molecule has 0 aliphatic rings. The monoisotopic (exact) mass is 233 g/mol. The van der Waals surface area contributed by atoms with Crippen molar-refractivity contribution in [1.82, 2.24) is 19.9 Å². The zero-order valence-corrected chi connectivity index (χ0v) is 9.82. The zero-order valence-electron chi connectivity index (χ0n) is 9.01. The van der Waals surface area contributed by atoms with E-state index in [-0.39, 0.29) is 5.95 Å². The maximum absolute atomic E-state index is 5.57. The first kappa shape index (κ1) is 10.8. The van der Waals surface area contributed by atoms with Gasteiger partial charge < -0.3 is 5.73 Å². The number of aromatic nitrogens is 4. The van der Waals surface area contributed by atoms with E-state index >= 15 is 0 Å². The Morgan fingerprint density at radius 2 is 1.94 bits per heavy atom. The lowest BCUT2D eigenvalue weighted by atomic mass is 10.5. The van der Waals surface area contributed by atoms with Crippen molar-refractivity contribution in [2.24, 2.45) is 0 Å². The summed E-state index contributed by atoms with van der Waals surface area (Å²) in [6.07, 6.45) is 1.72. The smallest absolute Gasteiger partial charge is 0.221 e. The summed E-state index contributed by atoms with van der Waals surface area (Å²) in [7, 11) is 0. The van der Waals surface area contributed by atoms with Crippen LogP contribution in [-0.4, -0.2) is 19.9 Å². The second kappa shape index (κ2) is 4.44. The first-order valence-corrected chi connectivity index (χ1v) is 5.54. The summed E-state index contributed by atoms with van der Waals surface area (Å²) in [5, 5.41) is 1.42. The molecule has 2 heterocycles. The Labute approximate surface area is 97.6 Å². The van der Waals surface area contributed by atoms with Gasteiger partial charge in [-0.25, -0.2) is 19.9 Å². The molecule has 0 saturated carbocycles. The Morgan fingerprint density at radius 3 is 2.62 bits per heavy atom. The first-order valence-electron chi connectivity index (χ1n) is 4.72. The number of nitrogen functional groups attached to an aromatic ring is 1. The molecule has 0 radical (unpaired) electrons. The Balaban J connectivity index is 2.27. The van der Waals surface area contributed by atoms with Gasteiger partial charge in [-0.1, -0.05) is 0 Å². The largest absolute Gasteiger partial charge is 0.368 e. The highest BCUT2D eigenvalue weighted by Gasteiger charge is 2.04. The van der Waals surface area contributed by atoms with Gasteiger partial charge in [0.05, 0.1) is 0 Å². The molecule has 0 atom stereocenters. The Hall–Kier alpha value is -1.69. The normalized spacial score (nSPS) is 10.4. The van der Waals surface area contributed by atoms with Gasteiger partial charge in [-0.3, -0.25) is 0 Å². The van der Waals surface area contributed by atoms with Gasteiger partial charge in [-0.15, -0.1) is 0 Å². The second-order valence-electron chi connectivity index (χ2n) is 3.29. The van der Waals surface area contributed by atoms with E-state index in [1.54, 1.807) is 6.20 Å². The fraction of sp³-hybridized carbons (Fsp3) is 0.200. The second-order valence-corrected chi connectivity index (χ2v) is 4.28. The number of nitrogens with two attached hydrogens (primary N) is 1. The van der Waals surface area contributed by atoms with E-state index in [0.717, 1.165) is 16.4 Å². The van der Waals surface area contributed by atoms with Gasteiger partial charge in [-0.05, 0) is 37.7 Å². The van der Waals surface area contributed by atoms with Crippen molar-refractivity contribution < 1.29 is 0 Å². The molecular formula is C10H11N5S. The summed E-state index contributed by atoms with van der Waals surface area (Å²) in [6.45, 7) is 3.80. The number of nitrogens with zero attached hydrogens (tertiary/aromatic N) is 4. The van der Waals surface area contributed by atoms with Crippen LogP contribution in [0.15, 0.2) is 28.5 Å². The maximum atomic E-state index is 5.57. The van der Waals surface area contributed by atoms with Gasteiger partial charge in [0.25, 0.3) is 0 Å². The van der Waals surface area contributed by atoms with Crippen molar-refractivity contribution in [3.63, 3.8) is 0 Å². The molecule has 0 saturated heterocycles. The minimum Gasteiger partial charge on any atom is -0.368 e. The van der Waals surface area contributed by atoms with Crippen LogP contribution < -0.4 is 5.73 Å². The maximum Gasteiger partial charge on any atom is 0.221 e. The molecule has 2 rings (SSSR count). The molecule has 2 aromatic rings. The summed E-state index contributed by atoms with van der Waals surface area (Å²) in [5.41, 5.74) is 7.33. The zero-order chi connectivity index (χ0) is 11.5. The van der Waals surface area contributed by atoms with Crippen molar-refractivity contribution in [3.8, 4) is 0 Å². The molecule has 0 bridgehead atoms. The molecule has 16 heavy (non-hydrogen) atoms. The fourth-order valence-electron chi connectivity index (χ4n) is 1.18. The summed E-state index contributed by atoms with van der Waals surface area (Å²) >= 11 is 1.38. The van der Waals surface area contributed by atoms with E-state index in [0.29, 0.717) is 5.16 Å². The number of hydrogen-bond acceptors (Lipinski definition) is 6. The average molecular weight is 233 g/mol. The van der Waals surface area contributed by atoms with Crippen LogP contribution in [0.5, 0.6) is 0 Å². The van der Waals surface area contributed by atoms with E-state index in [4.69, 9.17) is 5.73 Å². The Bertz CT molecular complexity index is 494. The average Bonchev–Trinajstić information content (AvgIpc) is 2.15. The van der Waals surface area contributed by atoms with Crippen LogP contribution >= 0.6 is 11.8 Å². The highest BCUT2D eigenvalue weighted by molar-refractivity contribution is 7.99. The Morgan fingerprint density at radius 1 is 1.12 bits per heavy atom. The van der Waals surface area contributed by atoms with Crippen molar-refractivity contribution in [1.29, 1.82) is 0 Å². The van der Waals surface area contributed by atoms with Crippen molar-refractivity contribution >= 4 is 17.7 Å². The number of aryl methyl sites for hydroxylation is 2. The topological polar surface area (TPSA) is 77.6 Å². The summed E-state index contributed by atoms with van der Waals surface area (Å²) in [6, 6.07) is 3.70. The molecule has 82 valence electrons. The van der Waals surface area contributed by atoms with Gasteiger partial charge in [0.15, 0.2) is 5.16 Å². The van der Waals surface area contributed by atoms with Gasteiger partial charge in [-0.2, -0.15) is 0 Å². The third-order valence-corrected chi connectivity index (χ3v) is 2.61. The predicted octanol–water partition coefficient (Wildman–Crippen LogP) is 1.62. The van der Waals surface area contributed by atoms with Crippen LogP contribution in [0.4, 0.5) is 5.95 Å². The summed E-state index contributed by atoms with van der Waals surface area (Å²) in [5.74, 6) is 0.273. The lowest BCUT2D eigenvalue weighted by Crippen LogP contribution is -1.98. The van der Waals surface area contributed by atoms with Crippen LogP contribution in [-0.2, 0) is 0 Å². The van der Waals surface area contributed by atoms with Crippen LogP contribution in [0, 0.1) is 13.8 Å². The van der Waals surface area contributed by atoms with Crippen molar-refractivity contribution in [2.75, 3.05) is 5.73 Å². The van der Waals surface area contributed by atoms with Gasteiger partial charge in [0, 0.05) is 17.6 Å². The molecule has 0 fully saturated rings. The van der Waals surface area contributed by atoms with Gasteiger partial charge in [0.1, 0.15) is 5.03 Å². The van der Waals surface area contributed by atoms with E-state index < -0.39 is 0 Å². The molecule has 0 aliphatic carbocycles. The van der Waals surface area contributed by atoms with E-state index in [2.05, 4.69) is 19.9 Å². The molecule has 6 heteroatoms. The SMILES string of the molecule is Cc1cc(Sc2nccc(C)n2)nc(N)n1. The first-order chi connectivity index (χ1) is 7.63. The molecule has 0 aromatic carbocycles. The van der Waals surface area contributed by atoms with Crippen molar-refractivity contribution in [2.45, 2.75) is 24.0 Å². The molecule has 5 nitrogen and oxygen atoms in total. The number of anilines is 1. The standard InChI is InChI=1S/C10H11N5S/c1-6-3-4-12-10(14-6)16-8-5-7(2)13-9(11)15-8/h3-5H,1-2H3,(H2,11,13,15). The lowest BCUT2D eigenvalue weighted by molar-refractivity contribution is 0.924. The highest BCUT2D eigenvalue weighted by Crippen LogP contribution is 2.23. The highest BCUT2D eigenvalue weighted by atomic mass is 32.2.